The second kappa shape index (κ2) is 6.96. The molecule has 0 N–H and O–H groups in total. The van der Waals surface area contributed by atoms with Gasteiger partial charge in [-0.15, -0.1) is 11.3 Å². The Morgan fingerprint density at radius 2 is 2.12 bits per heavy atom. The van der Waals surface area contributed by atoms with Crippen molar-refractivity contribution in [3.63, 3.8) is 0 Å². The first-order chi connectivity index (χ1) is 12.2. The summed E-state index contributed by atoms with van der Waals surface area (Å²) in [6.07, 6.45) is 4.04. The number of hydrogen-bond donors (Lipinski definition) is 0. The fourth-order valence-corrected chi connectivity index (χ4v) is 4.49. The maximum atomic E-state index is 12.9. The van der Waals surface area contributed by atoms with Gasteiger partial charge in [0.2, 0.25) is 11.8 Å². The summed E-state index contributed by atoms with van der Waals surface area (Å²) in [6.45, 7) is 1.73. The highest BCUT2D eigenvalue weighted by molar-refractivity contribution is 7.10. The van der Waals surface area contributed by atoms with E-state index in [-0.39, 0.29) is 23.8 Å². The molecule has 6 heteroatoms. The number of hydrogen-bond acceptors (Lipinski definition) is 4. The molecule has 0 radical (unpaired) electrons. The van der Waals surface area contributed by atoms with Gasteiger partial charge in [0.05, 0.1) is 24.6 Å². The topological polar surface area (TPSA) is 53.5 Å². The lowest BCUT2D eigenvalue weighted by molar-refractivity contribution is -0.140. The van der Waals surface area contributed by atoms with E-state index in [1.54, 1.807) is 17.5 Å². The van der Waals surface area contributed by atoms with Crippen LogP contribution in [-0.2, 0) is 22.6 Å². The molecule has 2 atom stereocenters. The number of nitrogens with zero attached hydrogens (tertiary/aromatic N) is 3. The van der Waals surface area contributed by atoms with E-state index in [4.69, 9.17) is 0 Å². The highest BCUT2D eigenvalue weighted by Crippen LogP contribution is 2.30. The molecule has 0 spiro atoms. The Morgan fingerprint density at radius 3 is 2.88 bits per heavy atom. The maximum Gasteiger partial charge on any atom is 0.228 e. The zero-order valence-electron chi connectivity index (χ0n) is 14.0. The summed E-state index contributed by atoms with van der Waals surface area (Å²) in [5, 5.41) is 1.99. The molecular weight excluding hydrogens is 334 g/mol. The van der Waals surface area contributed by atoms with Gasteiger partial charge in [0, 0.05) is 30.2 Å². The molecular formula is C19H21N3O2S. The fraction of sp³-hybridized carbons (Fsp3) is 0.421. The standard InChI is InChI=1S/C19H21N3O2S/c23-18(10-17-5-3-9-25-17)21-11-14-6-7-16(13-21)22(19(14)24)12-15-4-1-2-8-20-15/h1-5,8-9,14,16H,6-7,10-13H2/t14-,16+/m0/s1. The van der Waals surface area contributed by atoms with Gasteiger partial charge in [-0.05, 0) is 36.4 Å². The van der Waals surface area contributed by atoms with E-state index in [0.29, 0.717) is 26.1 Å². The second-order valence-electron chi connectivity index (χ2n) is 6.77. The minimum Gasteiger partial charge on any atom is -0.340 e. The zero-order chi connectivity index (χ0) is 17.2. The normalized spacial score (nSPS) is 23.0. The third-order valence-corrected chi connectivity index (χ3v) is 5.99. The summed E-state index contributed by atoms with van der Waals surface area (Å²) in [5.41, 5.74) is 0.903. The van der Waals surface area contributed by atoms with Gasteiger partial charge in [-0.3, -0.25) is 14.6 Å². The molecule has 5 rings (SSSR count). The van der Waals surface area contributed by atoms with Crippen LogP contribution in [0.5, 0.6) is 0 Å². The van der Waals surface area contributed by atoms with Crippen LogP contribution in [0.3, 0.4) is 0 Å². The molecule has 2 amide bonds. The number of amides is 2. The third-order valence-electron chi connectivity index (χ3n) is 5.11. The Balaban J connectivity index is 1.49. The maximum absolute atomic E-state index is 12.9. The largest absolute Gasteiger partial charge is 0.340 e. The average Bonchev–Trinajstić information content (AvgIpc) is 2.98. The molecule has 2 bridgehead atoms. The van der Waals surface area contributed by atoms with Gasteiger partial charge in [0.1, 0.15) is 0 Å². The van der Waals surface area contributed by atoms with Crippen molar-refractivity contribution < 1.29 is 9.59 Å². The minimum absolute atomic E-state index is 0.0743. The fourth-order valence-electron chi connectivity index (χ4n) is 3.79. The van der Waals surface area contributed by atoms with Crippen LogP contribution in [0.15, 0.2) is 41.9 Å². The van der Waals surface area contributed by atoms with Crippen LogP contribution in [0.4, 0.5) is 0 Å². The molecule has 0 aromatic carbocycles. The molecule has 3 aliphatic heterocycles. The van der Waals surface area contributed by atoms with E-state index in [2.05, 4.69) is 4.98 Å². The van der Waals surface area contributed by atoms with Crippen LogP contribution in [-0.4, -0.2) is 45.7 Å². The molecule has 25 heavy (non-hydrogen) atoms. The van der Waals surface area contributed by atoms with Crippen LogP contribution in [0.1, 0.15) is 23.4 Å². The number of rotatable bonds is 4. The number of carbonyl (C=O) groups excluding carboxylic acids is 2. The third kappa shape index (κ3) is 3.44. The molecule has 3 saturated heterocycles. The van der Waals surface area contributed by atoms with Crippen molar-refractivity contribution in [1.82, 2.24) is 14.8 Å². The zero-order valence-corrected chi connectivity index (χ0v) is 14.8. The Morgan fingerprint density at radius 1 is 1.20 bits per heavy atom. The quantitative estimate of drug-likeness (QED) is 0.846. The molecule has 5 nitrogen and oxygen atoms in total. The molecule has 0 saturated carbocycles. The molecule has 130 valence electrons. The smallest absolute Gasteiger partial charge is 0.228 e. The molecule has 5 heterocycles. The number of piperidine rings is 1. The molecule has 0 unspecified atom stereocenters. The van der Waals surface area contributed by atoms with Crippen LogP contribution >= 0.6 is 11.3 Å². The van der Waals surface area contributed by atoms with Crippen LogP contribution in [0.2, 0.25) is 0 Å². The van der Waals surface area contributed by atoms with Crippen LogP contribution in [0.25, 0.3) is 0 Å². The van der Waals surface area contributed by atoms with E-state index < -0.39 is 0 Å². The van der Waals surface area contributed by atoms with Gasteiger partial charge < -0.3 is 9.80 Å². The molecule has 2 aromatic heterocycles. The first kappa shape index (κ1) is 16.3. The summed E-state index contributed by atoms with van der Waals surface area (Å²) in [4.78, 5) is 34.8. The predicted molar refractivity (Wildman–Crippen MR) is 95.9 cm³/mol. The van der Waals surface area contributed by atoms with Crippen molar-refractivity contribution in [2.24, 2.45) is 5.92 Å². The Hall–Kier alpha value is -2.21. The van der Waals surface area contributed by atoms with E-state index in [0.717, 1.165) is 23.4 Å². The van der Waals surface area contributed by atoms with Gasteiger partial charge in [-0.2, -0.15) is 0 Å². The van der Waals surface area contributed by atoms with E-state index in [1.807, 2.05) is 45.5 Å². The molecule has 3 aliphatic rings. The highest BCUT2D eigenvalue weighted by Gasteiger charge is 2.41. The Labute approximate surface area is 151 Å². The summed E-state index contributed by atoms with van der Waals surface area (Å²) in [7, 11) is 0. The summed E-state index contributed by atoms with van der Waals surface area (Å²) >= 11 is 1.61. The van der Waals surface area contributed by atoms with Crippen molar-refractivity contribution in [3.8, 4) is 0 Å². The SMILES string of the molecule is O=C(Cc1cccs1)N1C[C@@H]2CC[C@H](C1)N(Cc1ccccn1)C2=O. The second-order valence-corrected chi connectivity index (χ2v) is 7.80. The predicted octanol–water partition coefficient (Wildman–Crippen LogP) is 2.34. The summed E-state index contributed by atoms with van der Waals surface area (Å²) in [6, 6.07) is 9.84. The van der Waals surface area contributed by atoms with Gasteiger partial charge in [0.25, 0.3) is 0 Å². The first-order valence-electron chi connectivity index (χ1n) is 8.71. The highest BCUT2D eigenvalue weighted by atomic mass is 32.1. The van der Waals surface area contributed by atoms with Crippen molar-refractivity contribution in [2.45, 2.75) is 31.8 Å². The van der Waals surface area contributed by atoms with Gasteiger partial charge in [0.15, 0.2) is 0 Å². The molecule has 2 aromatic rings. The average molecular weight is 355 g/mol. The lowest BCUT2D eigenvalue weighted by Crippen LogP contribution is -2.47. The van der Waals surface area contributed by atoms with E-state index in [1.165, 1.54) is 0 Å². The minimum atomic E-state index is -0.0743. The summed E-state index contributed by atoms with van der Waals surface area (Å²) < 4.78 is 0. The number of aromatic nitrogens is 1. The molecule has 0 aliphatic carbocycles. The van der Waals surface area contributed by atoms with E-state index in [9.17, 15) is 9.59 Å². The Kier molecular flexibility index (Phi) is 4.53. The van der Waals surface area contributed by atoms with Crippen LogP contribution < -0.4 is 0 Å². The number of thiophene rings is 1. The molecule has 3 fully saturated rings. The first-order valence-corrected chi connectivity index (χ1v) is 9.59. The van der Waals surface area contributed by atoms with Crippen LogP contribution in [0, 0.1) is 5.92 Å². The van der Waals surface area contributed by atoms with E-state index >= 15 is 0 Å². The van der Waals surface area contributed by atoms with Gasteiger partial charge in [-0.1, -0.05) is 12.1 Å². The van der Waals surface area contributed by atoms with Gasteiger partial charge in [-0.25, -0.2) is 0 Å². The van der Waals surface area contributed by atoms with Gasteiger partial charge >= 0.3 is 0 Å². The van der Waals surface area contributed by atoms with Crippen molar-refractivity contribution in [2.75, 3.05) is 13.1 Å². The monoisotopic (exact) mass is 355 g/mol. The number of fused-ring (bicyclic) bond motifs is 4. The number of carbonyl (C=O) groups is 2. The Bertz CT molecular complexity index is 747. The number of pyridine rings is 1. The summed E-state index contributed by atoms with van der Waals surface area (Å²) in [5.74, 6) is 0.231. The lowest BCUT2D eigenvalue weighted by atomic mass is 9.94. The van der Waals surface area contributed by atoms with Crippen molar-refractivity contribution in [1.29, 1.82) is 0 Å². The van der Waals surface area contributed by atoms with Crippen molar-refractivity contribution in [3.05, 3.63) is 52.5 Å². The van der Waals surface area contributed by atoms with Crippen molar-refractivity contribution >= 4 is 23.2 Å². The lowest BCUT2D eigenvalue weighted by Gasteiger charge is -2.35.